The molecule has 1 aliphatic heterocycles. The smallest absolute Gasteiger partial charge is 0.256 e. The summed E-state index contributed by atoms with van der Waals surface area (Å²) in [5, 5.41) is 0.923. The van der Waals surface area contributed by atoms with E-state index in [9.17, 15) is 9.59 Å². The Balaban J connectivity index is 1.96. The lowest BCUT2D eigenvalue weighted by Gasteiger charge is -2.38. The number of para-hydroxylation sites is 1. The first-order valence-corrected chi connectivity index (χ1v) is 7.77. The molecule has 1 aliphatic rings. The molecule has 0 bridgehead atoms. The number of ether oxygens (including phenoxy) is 1. The van der Waals surface area contributed by atoms with Crippen molar-refractivity contribution < 1.29 is 14.3 Å². The normalized spacial score (nSPS) is 21.6. The summed E-state index contributed by atoms with van der Waals surface area (Å²) in [6.45, 7) is 5.39. The van der Waals surface area contributed by atoms with Gasteiger partial charge in [0.1, 0.15) is 0 Å². The van der Waals surface area contributed by atoms with E-state index in [0.717, 1.165) is 17.4 Å². The molecule has 2 amide bonds. The fourth-order valence-corrected chi connectivity index (χ4v) is 3.04. The molecule has 3 rings (SSSR count). The Bertz CT molecular complexity index is 768. The quantitative estimate of drug-likeness (QED) is 0.929. The lowest BCUT2D eigenvalue weighted by atomic mass is 10.0. The molecule has 2 N–H and O–H groups in total. The van der Waals surface area contributed by atoms with Crippen molar-refractivity contribution in [1.82, 2.24) is 9.47 Å². The largest absolute Gasteiger partial charge is 0.367 e. The maximum atomic E-state index is 13.0. The first-order chi connectivity index (χ1) is 11.0. The monoisotopic (exact) mass is 315 g/mol. The van der Waals surface area contributed by atoms with Crippen molar-refractivity contribution in [3.63, 3.8) is 0 Å². The van der Waals surface area contributed by atoms with Gasteiger partial charge in [-0.2, -0.15) is 0 Å². The van der Waals surface area contributed by atoms with Crippen LogP contribution >= 0.6 is 0 Å². The van der Waals surface area contributed by atoms with E-state index in [4.69, 9.17) is 10.5 Å². The number of hydrogen-bond donors (Lipinski definition) is 1. The third kappa shape index (κ3) is 2.59. The van der Waals surface area contributed by atoms with Crippen molar-refractivity contribution >= 4 is 22.7 Å². The molecule has 2 heterocycles. The summed E-state index contributed by atoms with van der Waals surface area (Å²) in [5.74, 6) is -0.643. The minimum atomic E-state index is -1.13. The van der Waals surface area contributed by atoms with Gasteiger partial charge in [-0.15, -0.1) is 0 Å². The summed E-state index contributed by atoms with van der Waals surface area (Å²) in [4.78, 5) is 26.2. The van der Waals surface area contributed by atoms with Crippen LogP contribution in [0.3, 0.4) is 0 Å². The maximum absolute atomic E-state index is 13.0. The van der Waals surface area contributed by atoms with Crippen molar-refractivity contribution in [2.75, 3.05) is 19.7 Å². The lowest BCUT2D eigenvalue weighted by Crippen LogP contribution is -2.58. The summed E-state index contributed by atoms with van der Waals surface area (Å²) in [5.41, 5.74) is 5.97. The average Bonchev–Trinajstić information content (AvgIpc) is 2.93. The van der Waals surface area contributed by atoms with E-state index in [1.54, 1.807) is 11.8 Å². The highest BCUT2D eigenvalue weighted by atomic mass is 16.5. The highest BCUT2D eigenvalue weighted by Gasteiger charge is 2.39. The predicted molar refractivity (Wildman–Crippen MR) is 87.1 cm³/mol. The number of nitrogens with two attached hydrogens (primary N) is 1. The predicted octanol–water partition coefficient (Wildman–Crippen LogP) is 1.38. The van der Waals surface area contributed by atoms with Gasteiger partial charge in [-0.3, -0.25) is 9.59 Å². The Morgan fingerprint density at radius 2 is 2.09 bits per heavy atom. The highest BCUT2D eigenvalue weighted by molar-refractivity contribution is 6.07. The minimum absolute atomic E-state index is 0.0934. The van der Waals surface area contributed by atoms with Crippen LogP contribution in [0.15, 0.2) is 30.5 Å². The zero-order valence-electron chi connectivity index (χ0n) is 13.4. The second kappa shape index (κ2) is 5.70. The van der Waals surface area contributed by atoms with Crippen molar-refractivity contribution in [3.8, 4) is 0 Å². The third-order valence-electron chi connectivity index (χ3n) is 4.44. The van der Waals surface area contributed by atoms with Gasteiger partial charge in [0.15, 0.2) is 5.60 Å². The number of amides is 2. The van der Waals surface area contributed by atoms with Crippen LogP contribution in [0, 0.1) is 0 Å². The number of fused-ring (bicyclic) bond motifs is 1. The Labute approximate surface area is 134 Å². The van der Waals surface area contributed by atoms with Crippen molar-refractivity contribution in [1.29, 1.82) is 0 Å². The molecule has 6 nitrogen and oxygen atoms in total. The fraction of sp³-hybridized carbons (Fsp3) is 0.412. The maximum Gasteiger partial charge on any atom is 0.256 e. The van der Waals surface area contributed by atoms with Gasteiger partial charge in [-0.05, 0) is 19.9 Å². The molecule has 1 fully saturated rings. The van der Waals surface area contributed by atoms with Crippen molar-refractivity contribution in [2.45, 2.75) is 26.0 Å². The summed E-state index contributed by atoms with van der Waals surface area (Å²) in [7, 11) is 0. The number of morpholine rings is 1. The standard InChI is InChI=1S/C17H21N3O3/c1-3-19-10-13(12-6-4-5-7-14(12)19)15(21)20-8-9-23-17(2,11-20)16(18)22/h4-7,10H,3,8-9,11H2,1-2H3,(H2,18,22). The van der Waals surface area contributed by atoms with E-state index in [2.05, 4.69) is 4.57 Å². The van der Waals surface area contributed by atoms with Crippen LogP contribution in [-0.4, -0.2) is 46.6 Å². The third-order valence-corrected chi connectivity index (χ3v) is 4.44. The van der Waals surface area contributed by atoms with Crippen LogP contribution in [0.2, 0.25) is 0 Å². The molecule has 1 aromatic carbocycles. The number of carbonyl (C=O) groups excluding carboxylic acids is 2. The van der Waals surface area contributed by atoms with E-state index in [0.29, 0.717) is 18.7 Å². The summed E-state index contributed by atoms with van der Waals surface area (Å²) in [6.07, 6.45) is 1.88. The van der Waals surface area contributed by atoms with E-state index in [1.807, 2.05) is 37.4 Å². The van der Waals surface area contributed by atoms with Gasteiger partial charge in [0.05, 0.1) is 18.7 Å². The topological polar surface area (TPSA) is 77.6 Å². The number of rotatable bonds is 3. The second-order valence-corrected chi connectivity index (χ2v) is 6.02. The van der Waals surface area contributed by atoms with Gasteiger partial charge < -0.3 is 19.9 Å². The SMILES string of the molecule is CCn1cc(C(=O)N2CCOC(C)(C(N)=O)C2)c2ccccc21. The van der Waals surface area contributed by atoms with Crippen LogP contribution < -0.4 is 5.73 Å². The summed E-state index contributed by atoms with van der Waals surface area (Å²) in [6, 6.07) is 7.83. The van der Waals surface area contributed by atoms with Crippen molar-refractivity contribution in [2.24, 2.45) is 5.73 Å². The first-order valence-electron chi connectivity index (χ1n) is 7.77. The van der Waals surface area contributed by atoms with Gasteiger partial charge >= 0.3 is 0 Å². The minimum Gasteiger partial charge on any atom is -0.367 e. The molecule has 6 heteroatoms. The first kappa shape index (κ1) is 15.6. The fourth-order valence-electron chi connectivity index (χ4n) is 3.04. The van der Waals surface area contributed by atoms with E-state index < -0.39 is 11.5 Å². The molecule has 2 aromatic rings. The number of benzene rings is 1. The van der Waals surface area contributed by atoms with Crippen LogP contribution in [-0.2, 0) is 16.1 Å². The van der Waals surface area contributed by atoms with E-state index in [-0.39, 0.29) is 12.5 Å². The highest BCUT2D eigenvalue weighted by Crippen LogP contribution is 2.25. The van der Waals surface area contributed by atoms with Crippen LogP contribution in [0.4, 0.5) is 0 Å². The van der Waals surface area contributed by atoms with E-state index >= 15 is 0 Å². The van der Waals surface area contributed by atoms with Gasteiger partial charge in [0.2, 0.25) is 0 Å². The van der Waals surface area contributed by atoms with Gasteiger partial charge in [0, 0.05) is 30.2 Å². The van der Waals surface area contributed by atoms with Gasteiger partial charge in [-0.25, -0.2) is 0 Å². The molecule has 23 heavy (non-hydrogen) atoms. The number of hydrogen-bond acceptors (Lipinski definition) is 3. The molecular weight excluding hydrogens is 294 g/mol. The second-order valence-electron chi connectivity index (χ2n) is 6.02. The number of nitrogens with zero attached hydrogens (tertiary/aromatic N) is 2. The molecule has 1 aromatic heterocycles. The Morgan fingerprint density at radius 1 is 1.35 bits per heavy atom. The molecule has 0 radical (unpaired) electrons. The molecule has 0 saturated carbocycles. The van der Waals surface area contributed by atoms with E-state index in [1.165, 1.54) is 0 Å². The Kier molecular flexibility index (Phi) is 3.85. The number of carbonyl (C=O) groups is 2. The molecule has 1 unspecified atom stereocenters. The summed E-state index contributed by atoms with van der Waals surface area (Å²) >= 11 is 0. The van der Waals surface area contributed by atoms with Gasteiger partial charge in [-0.1, -0.05) is 18.2 Å². The average molecular weight is 315 g/mol. The Hall–Kier alpha value is -2.34. The molecular formula is C17H21N3O3. The summed E-state index contributed by atoms with van der Waals surface area (Å²) < 4.78 is 7.54. The molecule has 1 saturated heterocycles. The van der Waals surface area contributed by atoms with Crippen molar-refractivity contribution in [3.05, 3.63) is 36.0 Å². The van der Waals surface area contributed by atoms with Crippen LogP contribution in [0.1, 0.15) is 24.2 Å². The lowest BCUT2D eigenvalue weighted by molar-refractivity contribution is -0.150. The zero-order valence-corrected chi connectivity index (χ0v) is 13.4. The molecule has 0 aliphatic carbocycles. The molecule has 1 atom stereocenters. The Morgan fingerprint density at radius 3 is 2.78 bits per heavy atom. The number of aromatic nitrogens is 1. The number of primary amides is 1. The molecule has 122 valence electrons. The van der Waals surface area contributed by atoms with Gasteiger partial charge in [0.25, 0.3) is 11.8 Å². The zero-order chi connectivity index (χ0) is 16.6. The number of aryl methyl sites for hydroxylation is 1. The molecule has 0 spiro atoms. The van der Waals surface area contributed by atoms with Crippen LogP contribution in [0.5, 0.6) is 0 Å². The van der Waals surface area contributed by atoms with Crippen LogP contribution in [0.25, 0.3) is 10.9 Å².